The van der Waals surface area contributed by atoms with Crippen LogP contribution in [0.4, 0.5) is 10.6 Å². The van der Waals surface area contributed by atoms with E-state index in [1.807, 2.05) is 82.3 Å². The number of anilines is 1. The number of alkyl carbamates (subject to hydrolysis) is 1. The molecule has 2 amide bonds. The molecule has 3 aromatic rings. The monoisotopic (exact) mass is 461 g/mol. The number of carbonyl (C=O) groups is 2. The number of pyridine rings is 1. The van der Waals surface area contributed by atoms with Crippen molar-refractivity contribution >= 4 is 17.8 Å². The fourth-order valence-corrected chi connectivity index (χ4v) is 4.01. The fourth-order valence-electron chi connectivity index (χ4n) is 4.01. The summed E-state index contributed by atoms with van der Waals surface area (Å²) >= 11 is 0. The number of ether oxygens (including phenoxy) is 1. The molecular formula is C26H31N5O3. The second-order valence-electron chi connectivity index (χ2n) is 9.81. The molecule has 0 atom stereocenters. The minimum Gasteiger partial charge on any atom is -0.446 e. The van der Waals surface area contributed by atoms with E-state index in [2.05, 4.69) is 25.8 Å². The van der Waals surface area contributed by atoms with Crippen LogP contribution in [0.5, 0.6) is 0 Å². The molecule has 0 bridgehead atoms. The summed E-state index contributed by atoms with van der Waals surface area (Å²) in [7, 11) is 0. The van der Waals surface area contributed by atoms with Gasteiger partial charge in [0.25, 0.3) is 0 Å². The van der Waals surface area contributed by atoms with Crippen molar-refractivity contribution in [2.75, 3.05) is 5.32 Å². The molecule has 0 unspecified atom stereocenters. The Kier molecular flexibility index (Phi) is 6.41. The van der Waals surface area contributed by atoms with Crippen molar-refractivity contribution in [1.29, 1.82) is 0 Å². The summed E-state index contributed by atoms with van der Waals surface area (Å²) in [6, 6.07) is 17.1. The van der Waals surface area contributed by atoms with Crippen LogP contribution >= 0.6 is 0 Å². The summed E-state index contributed by atoms with van der Waals surface area (Å²) in [4.78, 5) is 29.5. The maximum absolute atomic E-state index is 12.8. The molecule has 1 aliphatic carbocycles. The Bertz CT molecular complexity index is 1140. The molecule has 3 N–H and O–H groups in total. The third kappa shape index (κ3) is 5.11. The number of hydrogen-bond acceptors (Lipinski definition) is 5. The lowest BCUT2D eigenvalue weighted by Gasteiger charge is -2.35. The zero-order valence-electron chi connectivity index (χ0n) is 20.0. The normalized spacial score (nSPS) is 18.0. The molecule has 4 rings (SSSR count). The zero-order valence-corrected chi connectivity index (χ0v) is 20.0. The van der Waals surface area contributed by atoms with Gasteiger partial charge in [0.05, 0.1) is 16.6 Å². The number of aromatic amines is 1. The van der Waals surface area contributed by atoms with E-state index in [1.54, 1.807) is 6.20 Å². The summed E-state index contributed by atoms with van der Waals surface area (Å²) in [5.74, 6) is 0.481. The van der Waals surface area contributed by atoms with Crippen LogP contribution in [0.3, 0.4) is 0 Å². The van der Waals surface area contributed by atoms with Crippen LogP contribution in [0.15, 0.2) is 60.8 Å². The van der Waals surface area contributed by atoms with E-state index in [0.29, 0.717) is 24.4 Å². The first-order valence-electron chi connectivity index (χ1n) is 11.5. The maximum atomic E-state index is 12.8. The summed E-state index contributed by atoms with van der Waals surface area (Å²) < 4.78 is 5.60. The fraction of sp³-hybridized carbons (Fsp3) is 0.385. The lowest BCUT2D eigenvalue weighted by molar-refractivity contribution is -0.120. The van der Waals surface area contributed by atoms with Gasteiger partial charge in [-0.1, -0.05) is 36.4 Å². The van der Waals surface area contributed by atoms with Gasteiger partial charge in [-0.15, -0.1) is 0 Å². The molecule has 0 radical (unpaired) electrons. The molecule has 1 aromatic carbocycles. The molecule has 0 spiro atoms. The van der Waals surface area contributed by atoms with Gasteiger partial charge in [-0.2, -0.15) is 5.10 Å². The Morgan fingerprint density at radius 2 is 1.74 bits per heavy atom. The average molecular weight is 462 g/mol. The smallest absolute Gasteiger partial charge is 0.408 e. The highest BCUT2D eigenvalue weighted by Gasteiger charge is 2.36. The highest BCUT2D eigenvalue weighted by molar-refractivity contribution is 5.97. The van der Waals surface area contributed by atoms with Gasteiger partial charge in [0.15, 0.2) is 5.82 Å². The third-order valence-electron chi connectivity index (χ3n) is 6.43. The Balaban J connectivity index is 1.27. The van der Waals surface area contributed by atoms with Gasteiger partial charge < -0.3 is 15.4 Å². The molecule has 0 aliphatic heterocycles. The van der Waals surface area contributed by atoms with E-state index in [9.17, 15) is 9.59 Å². The van der Waals surface area contributed by atoms with Gasteiger partial charge in [0.1, 0.15) is 6.10 Å². The number of hydrogen-bond donors (Lipinski definition) is 3. The minimum absolute atomic E-state index is 0.152. The second-order valence-corrected chi connectivity index (χ2v) is 9.81. The molecule has 1 fully saturated rings. The standard InChI is InChI=1S/C26H31N5O3/c1-25(2,21-12-8-9-13-27-21)23(32)28-22-16-20(30-31-22)17-14-19(15-17)34-24(33)29-26(3,4)18-10-6-5-7-11-18/h5-13,16-17,19H,14-15H2,1-4H3,(H,29,33)(H2,28,30,31,32). The van der Waals surface area contributed by atoms with Crippen LogP contribution in [0.2, 0.25) is 0 Å². The molecule has 2 heterocycles. The molecule has 178 valence electrons. The molecular weight excluding hydrogens is 430 g/mol. The Morgan fingerprint density at radius 3 is 2.41 bits per heavy atom. The predicted molar refractivity (Wildman–Crippen MR) is 129 cm³/mol. The SMILES string of the molecule is CC(C)(NC(=O)OC1CC(c2cc(NC(=O)C(C)(C)c3ccccn3)n[nH]2)C1)c1ccccc1. The summed E-state index contributed by atoms with van der Waals surface area (Å²) in [6.07, 6.45) is 2.50. The van der Waals surface area contributed by atoms with Crippen molar-refractivity contribution in [2.45, 2.75) is 63.5 Å². The maximum Gasteiger partial charge on any atom is 0.408 e. The topological polar surface area (TPSA) is 109 Å². The van der Waals surface area contributed by atoms with Crippen molar-refractivity contribution in [3.05, 3.63) is 77.7 Å². The van der Waals surface area contributed by atoms with Crippen molar-refractivity contribution in [2.24, 2.45) is 0 Å². The largest absolute Gasteiger partial charge is 0.446 e. The van der Waals surface area contributed by atoms with Gasteiger partial charge in [-0.3, -0.25) is 14.9 Å². The minimum atomic E-state index is -0.795. The molecule has 1 aliphatic rings. The third-order valence-corrected chi connectivity index (χ3v) is 6.43. The first-order valence-corrected chi connectivity index (χ1v) is 11.5. The highest BCUT2D eigenvalue weighted by atomic mass is 16.6. The van der Waals surface area contributed by atoms with Crippen molar-refractivity contribution in [1.82, 2.24) is 20.5 Å². The van der Waals surface area contributed by atoms with Crippen molar-refractivity contribution < 1.29 is 14.3 Å². The average Bonchev–Trinajstić information content (AvgIpc) is 3.24. The van der Waals surface area contributed by atoms with E-state index >= 15 is 0 Å². The molecule has 34 heavy (non-hydrogen) atoms. The lowest BCUT2D eigenvalue weighted by Crippen LogP contribution is -2.44. The number of carbonyl (C=O) groups excluding carboxylic acids is 2. The van der Waals surface area contributed by atoms with Crippen LogP contribution in [0, 0.1) is 0 Å². The Morgan fingerprint density at radius 1 is 1.03 bits per heavy atom. The van der Waals surface area contributed by atoms with Crippen LogP contribution < -0.4 is 10.6 Å². The van der Waals surface area contributed by atoms with E-state index in [-0.39, 0.29) is 17.9 Å². The van der Waals surface area contributed by atoms with Gasteiger partial charge in [-0.25, -0.2) is 4.79 Å². The number of amides is 2. The molecule has 1 saturated carbocycles. The zero-order chi connectivity index (χ0) is 24.3. The number of H-pyrrole nitrogens is 1. The number of nitrogens with zero attached hydrogens (tertiary/aromatic N) is 2. The number of benzene rings is 1. The van der Waals surface area contributed by atoms with E-state index < -0.39 is 17.0 Å². The van der Waals surface area contributed by atoms with Crippen LogP contribution in [-0.4, -0.2) is 33.3 Å². The summed E-state index contributed by atoms with van der Waals surface area (Å²) in [5.41, 5.74) is 1.29. The Labute approximate surface area is 199 Å². The lowest BCUT2D eigenvalue weighted by atomic mass is 9.80. The van der Waals surface area contributed by atoms with Crippen molar-refractivity contribution in [3.8, 4) is 0 Å². The van der Waals surface area contributed by atoms with Crippen LogP contribution in [0.1, 0.15) is 63.4 Å². The first-order chi connectivity index (χ1) is 16.1. The molecule has 8 nitrogen and oxygen atoms in total. The number of nitrogens with one attached hydrogen (secondary N) is 3. The summed E-state index contributed by atoms with van der Waals surface area (Å²) in [5, 5.41) is 13.1. The predicted octanol–water partition coefficient (Wildman–Crippen LogP) is 4.63. The van der Waals surface area contributed by atoms with E-state index in [1.165, 1.54) is 0 Å². The van der Waals surface area contributed by atoms with Gasteiger partial charge in [-0.05, 0) is 58.2 Å². The van der Waals surface area contributed by atoms with Crippen LogP contribution in [-0.2, 0) is 20.5 Å². The van der Waals surface area contributed by atoms with Gasteiger partial charge in [0, 0.05) is 23.9 Å². The van der Waals surface area contributed by atoms with Crippen LogP contribution in [0.25, 0.3) is 0 Å². The molecule has 0 saturated heterocycles. The highest BCUT2D eigenvalue weighted by Crippen LogP contribution is 2.38. The summed E-state index contributed by atoms with van der Waals surface area (Å²) in [6.45, 7) is 7.55. The quantitative estimate of drug-likeness (QED) is 0.475. The van der Waals surface area contributed by atoms with Crippen molar-refractivity contribution in [3.63, 3.8) is 0 Å². The number of rotatable bonds is 7. The van der Waals surface area contributed by atoms with E-state index in [4.69, 9.17) is 4.74 Å². The van der Waals surface area contributed by atoms with Gasteiger partial charge >= 0.3 is 6.09 Å². The number of aromatic nitrogens is 3. The Hall–Kier alpha value is -3.68. The first kappa shape index (κ1) is 23.5. The van der Waals surface area contributed by atoms with Gasteiger partial charge in [0.2, 0.25) is 5.91 Å². The molecule has 8 heteroatoms. The molecule has 2 aromatic heterocycles. The second kappa shape index (κ2) is 9.29. The van der Waals surface area contributed by atoms with E-state index in [0.717, 1.165) is 11.3 Å².